The predicted molar refractivity (Wildman–Crippen MR) is 119 cm³/mol. The van der Waals surface area contributed by atoms with E-state index in [0.29, 0.717) is 0 Å². The maximum absolute atomic E-state index is 14.0. The van der Waals surface area contributed by atoms with Crippen molar-refractivity contribution in [2.45, 2.75) is 0 Å². The molecular formula is C26H6F10N2O4. The van der Waals surface area contributed by atoms with E-state index in [0.717, 1.165) is 12.1 Å². The van der Waals surface area contributed by atoms with E-state index in [1.54, 1.807) is 0 Å². The summed E-state index contributed by atoms with van der Waals surface area (Å²) in [6.07, 6.45) is 0. The van der Waals surface area contributed by atoms with Gasteiger partial charge in [-0.25, -0.2) is 45.9 Å². The molecule has 2 heterocycles. The smallest absolute Gasteiger partial charge is 0.362 e. The zero-order chi connectivity index (χ0) is 30.6. The predicted octanol–water partition coefficient (Wildman–Crippen LogP) is 6.61. The summed E-state index contributed by atoms with van der Waals surface area (Å²) in [5, 5.41) is 0.432. The highest BCUT2D eigenvalue weighted by Crippen LogP contribution is 2.32. The van der Waals surface area contributed by atoms with Gasteiger partial charge < -0.3 is 9.47 Å². The van der Waals surface area contributed by atoms with Crippen molar-refractivity contribution in [1.29, 1.82) is 0 Å². The molecule has 0 spiro atoms. The third-order valence-electron chi connectivity index (χ3n) is 5.67. The van der Waals surface area contributed by atoms with E-state index in [2.05, 4.69) is 19.4 Å². The SMILES string of the molecule is O=C(Oc1c(F)c(F)c(F)c(F)c1F)c1ccc2ccc3ccc(C(=O)Oc4c(F)c(F)c(F)c(F)c4F)nc3c2n1. The Kier molecular flexibility index (Phi) is 6.92. The van der Waals surface area contributed by atoms with Gasteiger partial charge in [0.25, 0.3) is 0 Å². The number of halogens is 10. The van der Waals surface area contributed by atoms with Crippen LogP contribution in [0.2, 0.25) is 0 Å². The molecule has 0 unspecified atom stereocenters. The van der Waals surface area contributed by atoms with Gasteiger partial charge in [-0.15, -0.1) is 0 Å². The van der Waals surface area contributed by atoms with Crippen molar-refractivity contribution in [3.05, 3.63) is 106 Å². The van der Waals surface area contributed by atoms with Crippen LogP contribution in [0.15, 0.2) is 36.4 Å². The lowest BCUT2D eigenvalue weighted by molar-refractivity contribution is 0.0701. The van der Waals surface area contributed by atoms with Gasteiger partial charge >= 0.3 is 11.9 Å². The average Bonchev–Trinajstić information content (AvgIpc) is 3.00. The first-order valence-corrected chi connectivity index (χ1v) is 11.0. The van der Waals surface area contributed by atoms with Gasteiger partial charge in [0.2, 0.25) is 69.7 Å². The summed E-state index contributed by atoms with van der Waals surface area (Å²) in [5.74, 6) is -31.3. The van der Waals surface area contributed by atoms with Crippen LogP contribution in [-0.2, 0) is 0 Å². The number of esters is 2. The second-order valence-corrected chi connectivity index (χ2v) is 8.18. The van der Waals surface area contributed by atoms with Crippen LogP contribution in [0.5, 0.6) is 11.5 Å². The summed E-state index contributed by atoms with van der Waals surface area (Å²) in [6.45, 7) is 0. The monoisotopic (exact) mass is 600 g/mol. The highest BCUT2D eigenvalue weighted by molar-refractivity contribution is 6.05. The minimum absolute atomic E-state index is 0.203. The van der Waals surface area contributed by atoms with Gasteiger partial charge in [0.15, 0.2) is 0 Å². The van der Waals surface area contributed by atoms with Crippen LogP contribution >= 0.6 is 0 Å². The summed E-state index contributed by atoms with van der Waals surface area (Å²) >= 11 is 0. The first-order chi connectivity index (χ1) is 19.8. The van der Waals surface area contributed by atoms with E-state index in [9.17, 15) is 53.5 Å². The number of benzene rings is 3. The Hall–Kier alpha value is -5.28. The van der Waals surface area contributed by atoms with Gasteiger partial charge in [0, 0.05) is 10.8 Å². The number of fused-ring (bicyclic) bond motifs is 3. The topological polar surface area (TPSA) is 78.4 Å². The number of nitrogens with zero attached hydrogens (tertiary/aromatic N) is 2. The molecule has 0 atom stereocenters. The standard InChI is InChI=1S/C26H6F10N2O4/c27-11-13(29)17(33)23(18(34)14(11)30)41-25(39)9-5-3-7-1-2-8-4-6-10(38-22(8)21(7)37-9)26(40)42-24-19(35)15(31)12(28)16(32)20(24)36/h1-6H. The van der Waals surface area contributed by atoms with Gasteiger partial charge in [0.05, 0.1) is 11.0 Å². The number of rotatable bonds is 4. The van der Waals surface area contributed by atoms with Gasteiger partial charge in [-0.05, 0) is 12.1 Å². The molecule has 16 heteroatoms. The highest BCUT2D eigenvalue weighted by atomic mass is 19.2. The Balaban J connectivity index is 1.54. The van der Waals surface area contributed by atoms with Crippen molar-refractivity contribution < 1.29 is 63.0 Å². The van der Waals surface area contributed by atoms with Crippen molar-refractivity contribution in [3.63, 3.8) is 0 Å². The first-order valence-electron chi connectivity index (χ1n) is 11.0. The third kappa shape index (κ3) is 4.49. The Labute approximate surface area is 224 Å². The van der Waals surface area contributed by atoms with Crippen molar-refractivity contribution in [2.24, 2.45) is 0 Å². The average molecular weight is 600 g/mol. The Morgan fingerprint density at radius 3 is 1.00 bits per heavy atom. The minimum Gasteiger partial charge on any atom is -0.415 e. The van der Waals surface area contributed by atoms with Gasteiger partial charge in [-0.3, -0.25) is 0 Å². The number of aromatic nitrogens is 2. The fourth-order valence-electron chi connectivity index (χ4n) is 3.63. The summed E-state index contributed by atoms with van der Waals surface area (Å²) in [6, 6.07) is 7.22. The fraction of sp³-hybridized carbons (Fsp3) is 0. The molecule has 0 saturated carbocycles. The number of carbonyl (C=O) groups excluding carboxylic acids is 2. The molecule has 6 nitrogen and oxygen atoms in total. The number of hydrogen-bond donors (Lipinski definition) is 0. The van der Waals surface area contributed by atoms with Crippen LogP contribution in [0.3, 0.4) is 0 Å². The fourth-order valence-corrected chi connectivity index (χ4v) is 3.63. The number of carbonyl (C=O) groups is 2. The van der Waals surface area contributed by atoms with Crippen molar-refractivity contribution in [1.82, 2.24) is 9.97 Å². The molecule has 3 aromatic carbocycles. The van der Waals surface area contributed by atoms with E-state index in [-0.39, 0.29) is 21.8 Å². The zero-order valence-corrected chi connectivity index (χ0v) is 19.8. The maximum atomic E-state index is 14.0. The molecule has 0 radical (unpaired) electrons. The van der Waals surface area contributed by atoms with E-state index < -0.39 is 93.0 Å². The van der Waals surface area contributed by atoms with Crippen LogP contribution in [0.1, 0.15) is 21.0 Å². The normalized spacial score (nSPS) is 11.3. The van der Waals surface area contributed by atoms with Gasteiger partial charge in [-0.2, -0.15) is 17.6 Å². The van der Waals surface area contributed by atoms with E-state index in [4.69, 9.17) is 0 Å². The second-order valence-electron chi connectivity index (χ2n) is 8.18. The molecule has 42 heavy (non-hydrogen) atoms. The summed E-state index contributed by atoms with van der Waals surface area (Å²) in [5.41, 5.74) is -1.86. The lowest BCUT2D eigenvalue weighted by Crippen LogP contribution is -2.15. The molecule has 0 amide bonds. The molecule has 5 rings (SSSR count). The molecule has 0 bridgehead atoms. The zero-order valence-electron chi connectivity index (χ0n) is 19.8. The Bertz CT molecular complexity index is 1800. The lowest BCUT2D eigenvalue weighted by atomic mass is 10.1. The summed E-state index contributed by atoms with van der Waals surface area (Å²) < 4.78 is 145. The minimum atomic E-state index is -2.49. The second kappa shape index (κ2) is 10.3. The van der Waals surface area contributed by atoms with Crippen molar-refractivity contribution in [2.75, 3.05) is 0 Å². The van der Waals surface area contributed by atoms with Gasteiger partial charge in [-0.1, -0.05) is 24.3 Å². The van der Waals surface area contributed by atoms with Crippen LogP contribution in [0.4, 0.5) is 43.9 Å². The molecule has 0 N–H and O–H groups in total. The van der Waals surface area contributed by atoms with Crippen molar-refractivity contribution >= 4 is 33.7 Å². The molecule has 5 aromatic rings. The van der Waals surface area contributed by atoms with Crippen LogP contribution in [0, 0.1) is 58.2 Å². The maximum Gasteiger partial charge on any atom is 0.362 e. The van der Waals surface area contributed by atoms with Crippen molar-refractivity contribution in [3.8, 4) is 11.5 Å². The molecule has 0 saturated heterocycles. The Morgan fingerprint density at radius 2 is 0.690 bits per heavy atom. The number of hydrogen-bond acceptors (Lipinski definition) is 6. The summed E-state index contributed by atoms with van der Waals surface area (Å²) in [7, 11) is 0. The van der Waals surface area contributed by atoms with Crippen LogP contribution < -0.4 is 9.47 Å². The molecule has 0 fully saturated rings. The third-order valence-corrected chi connectivity index (χ3v) is 5.67. The van der Waals surface area contributed by atoms with Gasteiger partial charge in [0.1, 0.15) is 11.4 Å². The van der Waals surface area contributed by atoms with Crippen LogP contribution in [0.25, 0.3) is 21.8 Å². The van der Waals surface area contributed by atoms with E-state index in [1.807, 2.05) is 0 Å². The molecule has 214 valence electrons. The van der Waals surface area contributed by atoms with E-state index >= 15 is 0 Å². The molecule has 0 aliphatic heterocycles. The first kappa shape index (κ1) is 28.3. The van der Waals surface area contributed by atoms with Crippen LogP contribution in [-0.4, -0.2) is 21.9 Å². The quantitative estimate of drug-likeness (QED) is 0.0577. The molecule has 0 aliphatic rings. The summed E-state index contributed by atoms with van der Waals surface area (Å²) in [4.78, 5) is 32.9. The molecular weight excluding hydrogens is 594 g/mol. The largest absolute Gasteiger partial charge is 0.415 e. The molecule has 2 aromatic heterocycles. The Morgan fingerprint density at radius 1 is 0.429 bits per heavy atom. The number of ether oxygens (including phenoxy) is 2. The molecule has 0 aliphatic carbocycles. The van der Waals surface area contributed by atoms with E-state index in [1.165, 1.54) is 24.3 Å². The highest BCUT2D eigenvalue weighted by Gasteiger charge is 2.31. The number of pyridine rings is 2. The lowest BCUT2D eigenvalue weighted by Gasteiger charge is -2.10.